The summed E-state index contributed by atoms with van der Waals surface area (Å²) < 4.78 is 0.776. The highest BCUT2D eigenvalue weighted by molar-refractivity contribution is 9.10. The van der Waals surface area contributed by atoms with E-state index in [2.05, 4.69) is 21.2 Å². The number of nitrogens with two attached hydrogens (primary N) is 1. The second-order valence-electron chi connectivity index (χ2n) is 5.42. The predicted molar refractivity (Wildman–Crippen MR) is 84.0 cm³/mol. The van der Waals surface area contributed by atoms with Crippen molar-refractivity contribution in [1.29, 1.82) is 0 Å². The molecule has 1 unspecified atom stereocenters. The lowest BCUT2D eigenvalue weighted by atomic mass is 9.84. The fraction of sp³-hybridized carbons (Fsp3) is 0.467. The molecule has 114 valence electrons. The Balaban J connectivity index is 2.12. The van der Waals surface area contributed by atoms with Gasteiger partial charge in [-0.2, -0.15) is 0 Å². The molecule has 1 fully saturated rings. The summed E-state index contributed by atoms with van der Waals surface area (Å²) in [6.07, 6.45) is 4.85. The van der Waals surface area contributed by atoms with E-state index in [4.69, 9.17) is 5.73 Å². The van der Waals surface area contributed by atoms with Gasteiger partial charge in [0.05, 0.1) is 5.56 Å². The van der Waals surface area contributed by atoms with Crippen LogP contribution in [0, 0.1) is 5.92 Å². The highest BCUT2D eigenvalue weighted by Crippen LogP contribution is 2.27. The first-order chi connectivity index (χ1) is 9.99. The van der Waals surface area contributed by atoms with Crippen LogP contribution in [0.5, 0.6) is 0 Å². The van der Waals surface area contributed by atoms with Crippen LogP contribution in [0.1, 0.15) is 42.5 Å². The number of hydrogen-bond acceptors (Lipinski definition) is 3. The SMILES string of the molecule is Nc1cc(Br)ccc1C(=O)NC(C(=O)O)C1CCCCC1. The molecule has 1 atom stereocenters. The van der Waals surface area contributed by atoms with Crippen molar-refractivity contribution in [2.24, 2.45) is 5.92 Å². The number of amides is 1. The number of carboxylic acid groups (broad SMARTS) is 1. The van der Waals surface area contributed by atoms with E-state index in [0.29, 0.717) is 11.3 Å². The van der Waals surface area contributed by atoms with Crippen molar-refractivity contribution in [3.8, 4) is 0 Å². The number of aliphatic carboxylic acids is 1. The van der Waals surface area contributed by atoms with E-state index in [9.17, 15) is 14.7 Å². The summed E-state index contributed by atoms with van der Waals surface area (Å²) in [5.41, 5.74) is 6.45. The van der Waals surface area contributed by atoms with E-state index >= 15 is 0 Å². The molecule has 1 aromatic carbocycles. The Labute approximate surface area is 132 Å². The van der Waals surface area contributed by atoms with Crippen molar-refractivity contribution in [3.63, 3.8) is 0 Å². The molecule has 0 heterocycles. The third-order valence-electron chi connectivity index (χ3n) is 3.93. The zero-order chi connectivity index (χ0) is 15.4. The Hall–Kier alpha value is -1.56. The second kappa shape index (κ2) is 6.93. The average molecular weight is 355 g/mol. The quantitative estimate of drug-likeness (QED) is 0.724. The number of nitrogen functional groups attached to an aromatic ring is 1. The molecule has 6 heteroatoms. The minimum atomic E-state index is -0.981. The molecule has 4 N–H and O–H groups in total. The van der Waals surface area contributed by atoms with Crippen LogP contribution in [0.3, 0.4) is 0 Å². The summed E-state index contributed by atoms with van der Waals surface area (Å²) in [5.74, 6) is -1.42. The van der Waals surface area contributed by atoms with Gasteiger partial charge in [-0.25, -0.2) is 4.79 Å². The number of hydrogen-bond donors (Lipinski definition) is 3. The van der Waals surface area contributed by atoms with Crippen molar-refractivity contribution < 1.29 is 14.7 Å². The molecule has 5 nitrogen and oxygen atoms in total. The number of anilines is 1. The molecule has 0 radical (unpaired) electrons. The first-order valence-corrected chi connectivity index (χ1v) is 7.87. The molecule has 2 rings (SSSR count). The Morgan fingerprint density at radius 1 is 1.29 bits per heavy atom. The van der Waals surface area contributed by atoms with Crippen LogP contribution in [-0.2, 0) is 4.79 Å². The molecular weight excluding hydrogens is 336 g/mol. The van der Waals surface area contributed by atoms with Crippen LogP contribution >= 0.6 is 15.9 Å². The van der Waals surface area contributed by atoms with Gasteiger partial charge in [-0.1, -0.05) is 35.2 Å². The van der Waals surface area contributed by atoms with Crippen molar-refractivity contribution in [2.45, 2.75) is 38.1 Å². The third kappa shape index (κ3) is 3.97. The number of nitrogens with one attached hydrogen (secondary N) is 1. The van der Waals surface area contributed by atoms with Gasteiger partial charge in [0.15, 0.2) is 0 Å². The number of rotatable bonds is 4. The summed E-state index contributed by atoms with van der Waals surface area (Å²) in [6, 6.07) is 4.09. The number of carbonyl (C=O) groups excluding carboxylic acids is 1. The van der Waals surface area contributed by atoms with Gasteiger partial charge in [0, 0.05) is 10.2 Å². The third-order valence-corrected chi connectivity index (χ3v) is 4.43. The van der Waals surface area contributed by atoms with Gasteiger partial charge in [-0.05, 0) is 37.0 Å². The lowest BCUT2D eigenvalue weighted by Gasteiger charge is -2.28. The van der Waals surface area contributed by atoms with Gasteiger partial charge >= 0.3 is 5.97 Å². The molecule has 1 amide bonds. The minimum absolute atomic E-state index is 0.00290. The monoisotopic (exact) mass is 354 g/mol. The maximum Gasteiger partial charge on any atom is 0.326 e. The van der Waals surface area contributed by atoms with Crippen molar-refractivity contribution in [1.82, 2.24) is 5.32 Å². The predicted octanol–water partition coefficient (Wildman–Crippen LogP) is 2.79. The molecule has 1 aliphatic carbocycles. The Kier molecular flexibility index (Phi) is 5.22. The lowest BCUT2D eigenvalue weighted by Crippen LogP contribution is -2.46. The van der Waals surface area contributed by atoms with Gasteiger partial charge in [-0.3, -0.25) is 4.79 Å². The van der Waals surface area contributed by atoms with E-state index in [0.717, 1.165) is 36.6 Å². The van der Waals surface area contributed by atoms with Gasteiger partial charge < -0.3 is 16.2 Å². The van der Waals surface area contributed by atoms with Crippen molar-refractivity contribution in [2.75, 3.05) is 5.73 Å². The van der Waals surface area contributed by atoms with E-state index in [1.165, 1.54) is 0 Å². The summed E-state index contributed by atoms with van der Waals surface area (Å²) in [6.45, 7) is 0. The summed E-state index contributed by atoms with van der Waals surface area (Å²) in [7, 11) is 0. The fourth-order valence-corrected chi connectivity index (χ4v) is 3.19. The van der Waals surface area contributed by atoms with Crippen LogP contribution < -0.4 is 11.1 Å². The summed E-state index contributed by atoms with van der Waals surface area (Å²) in [5, 5.41) is 12.0. The van der Waals surface area contributed by atoms with Crippen molar-refractivity contribution >= 4 is 33.5 Å². The Morgan fingerprint density at radius 2 is 1.95 bits per heavy atom. The topological polar surface area (TPSA) is 92.4 Å². The summed E-state index contributed by atoms with van der Waals surface area (Å²) >= 11 is 3.28. The van der Waals surface area contributed by atoms with Gasteiger partial charge in [0.25, 0.3) is 5.91 Å². The van der Waals surface area contributed by atoms with Gasteiger partial charge in [0.2, 0.25) is 0 Å². The minimum Gasteiger partial charge on any atom is -0.480 e. The number of halogens is 1. The average Bonchev–Trinajstić information content (AvgIpc) is 2.45. The maximum absolute atomic E-state index is 12.3. The van der Waals surface area contributed by atoms with E-state index < -0.39 is 17.9 Å². The maximum atomic E-state index is 12.3. The smallest absolute Gasteiger partial charge is 0.326 e. The molecule has 0 aromatic heterocycles. The first-order valence-electron chi connectivity index (χ1n) is 7.07. The molecule has 21 heavy (non-hydrogen) atoms. The largest absolute Gasteiger partial charge is 0.480 e. The first kappa shape index (κ1) is 15.8. The molecule has 0 spiro atoms. The molecule has 1 saturated carbocycles. The number of carbonyl (C=O) groups is 2. The molecule has 0 saturated heterocycles. The van der Waals surface area contributed by atoms with Crippen LogP contribution in [0.25, 0.3) is 0 Å². The molecule has 1 aliphatic rings. The van der Waals surface area contributed by atoms with Crippen molar-refractivity contribution in [3.05, 3.63) is 28.2 Å². The number of benzene rings is 1. The fourth-order valence-electron chi connectivity index (χ4n) is 2.81. The van der Waals surface area contributed by atoms with E-state index in [-0.39, 0.29) is 5.92 Å². The van der Waals surface area contributed by atoms with Gasteiger partial charge in [0.1, 0.15) is 6.04 Å². The van der Waals surface area contributed by atoms with Crippen LogP contribution in [0.2, 0.25) is 0 Å². The van der Waals surface area contributed by atoms with Crippen LogP contribution in [0.15, 0.2) is 22.7 Å². The Morgan fingerprint density at radius 3 is 2.52 bits per heavy atom. The molecule has 1 aromatic rings. The van der Waals surface area contributed by atoms with Crippen LogP contribution in [0.4, 0.5) is 5.69 Å². The summed E-state index contributed by atoms with van der Waals surface area (Å²) in [4.78, 5) is 23.7. The standard InChI is InChI=1S/C15H19BrN2O3/c16-10-6-7-11(12(17)8-10)14(19)18-13(15(20)21)9-4-2-1-3-5-9/h6-9,13H,1-5,17H2,(H,18,19)(H,20,21). The molecule has 0 aliphatic heterocycles. The van der Waals surface area contributed by atoms with E-state index in [1.54, 1.807) is 18.2 Å². The zero-order valence-corrected chi connectivity index (χ0v) is 13.2. The zero-order valence-electron chi connectivity index (χ0n) is 11.6. The molecular formula is C15H19BrN2O3. The van der Waals surface area contributed by atoms with E-state index in [1.807, 2.05) is 0 Å². The molecule has 0 bridgehead atoms. The number of carboxylic acids is 1. The van der Waals surface area contributed by atoms with Crippen LogP contribution in [-0.4, -0.2) is 23.0 Å². The Bertz CT molecular complexity index is 542. The normalized spacial score (nSPS) is 17.2. The lowest BCUT2D eigenvalue weighted by molar-refractivity contribution is -0.141. The highest BCUT2D eigenvalue weighted by atomic mass is 79.9. The second-order valence-corrected chi connectivity index (χ2v) is 6.33. The van der Waals surface area contributed by atoms with Gasteiger partial charge in [-0.15, -0.1) is 0 Å². The highest BCUT2D eigenvalue weighted by Gasteiger charge is 2.31.